The van der Waals surface area contributed by atoms with E-state index in [9.17, 15) is 0 Å². The first-order chi connectivity index (χ1) is 7.16. The van der Waals surface area contributed by atoms with Crippen molar-refractivity contribution in [3.63, 3.8) is 0 Å². The average Bonchev–Trinajstić information content (AvgIpc) is 3.07. The molecule has 1 heteroatoms. The van der Waals surface area contributed by atoms with Gasteiger partial charge in [0.15, 0.2) is 0 Å². The summed E-state index contributed by atoms with van der Waals surface area (Å²) in [5.41, 5.74) is 0.592. The number of alkyl halides is 1. The van der Waals surface area contributed by atoms with Crippen LogP contribution in [0.15, 0.2) is 0 Å². The van der Waals surface area contributed by atoms with Crippen molar-refractivity contribution in [2.24, 2.45) is 17.3 Å². The molecule has 15 heavy (non-hydrogen) atoms. The fraction of sp³-hybridized carbons (Fsp3) is 1.00. The molecule has 0 aromatic heterocycles. The van der Waals surface area contributed by atoms with Gasteiger partial charge in [-0.25, -0.2) is 0 Å². The van der Waals surface area contributed by atoms with Crippen LogP contribution in [0.5, 0.6) is 0 Å². The van der Waals surface area contributed by atoms with Gasteiger partial charge in [0.05, 0.1) is 0 Å². The van der Waals surface area contributed by atoms with Gasteiger partial charge in [0.1, 0.15) is 0 Å². The lowest BCUT2D eigenvalue weighted by atomic mass is 9.76. The van der Waals surface area contributed by atoms with Crippen molar-refractivity contribution < 1.29 is 0 Å². The molecule has 0 amide bonds. The highest BCUT2D eigenvalue weighted by atomic mass is 79.9. The van der Waals surface area contributed by atoms with E-state index in [0.29, 0.717) is 5.41 Å². The summed E-state index contributed by atoms with van der Waals surface area (Å²) in [5.74, 6) is 1.99. The second kappa shape index (κ2) is 6.27. The van der Waals surface area contributed by atoms with Crippen LogP contribution >= 0.6 is 15.9 Å². The largest absolute Gasteiger partial charge is 0.0922 e. The highest BCUT2D eigenvalue weighted by Crippen LogP contribution is 2.50. The van der Waals surface area contributed by atoms with E-state index in [2.05, 4.69) is 36.7 Å². The lowest BCUT2D eigenvalue weighted by Gasteiger charge is -2.31. The molecule has 1 aliphatic carbocycles. The van der Waals surface area contributed by atoms with Crippen molar-refractivity contribution in [1.82, 2.24) is 0 Å². The average molecular weight is 275 g/mol. The second-order valence-electron chi connectivity index (χ2n) is 5.68. The Morgan fingerprint density at radius 3 is 2.40 bits per heavy atom. The standard InChI is InChI=1S/C14H27Br/c1-4-6-7-12(5-2)10-14(3,11-15)13-8-9-13/h12-13H,4-11H2,1-3H3. The first-order valence-electron chi connectivity index (χ1n) is 6.72. The molecule has 90 valence electrons. The molecule has 0 N–H and O–H groups in total. The van der Waals surface area contributed by atoms with Crippen LogP contribution in [0.4, 0.5) is 0 Å². The Labute approximate surface area is 104 Å². The summed E-state index contributed by atoms with van der Waals surface area (Å²) < 4.78 is 0. The highest BCUT2D eigenvalue weighted by molar-refractivity contribution is 9.09. The lowest BCUT2D eigenvalue weighted by molar-refractivity contribution is 0.222. The van der Waals surface area contributed by atoms with E-state index in [1.54, 1.807) is 0 Å². The Bertz CT molecular complexity index is 174. The molecule has 0 aromatic carbocycles. The zero-order valence-electron chi connectivity index (χ0n) is 10.7. The van der Waals surface area contributed by atoms with Gasteiger partial charge >= 0.3 is 0 Å². The monoisotopic (exact) mass is 274 g/mol. The molecule has 1 saturated carbocycles. The summed E-state index contributed by atoms with van der Waals surface area (Å²) in [6.45, 7) is 7.16. The molecule has 2 unspecified atom stereocenters. The molecule has 0 nitrogen and oxygen atoms in total. The Morgan fingerprint density at radius 2 is 2.00 bits per heavy atom. The summed E-state index contributed by atoms with van der Waals surface area (Å²) in [6, 6.07) is 0. The van der Waals surface area contributed by atoms with Crippen molar-refractivity contribution in [2.45, 2.75) is 65.7 Å². The smallest absolute Gasteiger partial charge is 0.00880 e. The predicted molar refractivity (Wildman–Crippen MR) is 72.5 cm³/mol. The molecular formula is C14H27Br. The Hall–Kier alpha value is 0.480. The molecule has 0 heterocycles. The summed E-state index contributed by atoms with van der Waals surface area (Å²) in [6.07, 6.45) is 9.99. The molecule has 0 aromatic rings. The van der Waals surface area contributed by atoms with Gasteiger partial charge in [0, 0.05) is 5.33 Å². The van der Waals surface area contributed by atoms with E-state index in [0.717, 1.165) is 11.8 Å². The van der Waals surface area contributed by atoms with E-state index < -0.39 is 0 Å². The molecule has 1 aliphatic rings. The maximum atomic E-state index is 3.74. The van der Waals surface area contributed by atoms with Crippen LogP contribution < -0.4 is 0 Å². The van der Waals surface area contributed by atoms with Crippen LogP contribution in [0, 0.1) is 17.3 Å². The SMILES string of the molecule is CCCCC(CC)CC(C)(CBr)C1CC1. The highest BCUT2D eigenvalue weighted by Gasteiger charge is 2.41. The fourth-order valence-corrected chi connectivity index (χ4v) is 3.40. The van der Waals surface area contributed by atoms with E-state index in [4.69, 9.17) is 0 Å². The molecule has 0 spiro atoms. The van der Waals surface area contributed by atoms with E-state index in [1.807, 2.05) is 0 Å². The topological polar surface area (TPSA) is 0 Å². The molecule has 0 bridgehead atoms. The Morgan fingerprint density at radius 1 is 1.33 bits per heavy atom. The maximum absolute atomic E-state index is 3.74. The van der Waals surface area contributed by atoms with Crippen LogP contribution in [0.1, 0.15) is 65.7 Å². The molecule has 0 aliphatic heterocycles. The number of rotatable bonds is 8. The van der Waals surface area contributed by atoms with Crippen LogP contribution in [0.3, 0.4) is 0 Å². The van der Waals surface area contributed by atoms with Gasteiger partial charge in [-0.1, -0.05) is 62.4 Å². The van der Waals surface area contributed by atoms with Gasteiger partial charge < -0.3 is 0 Å². The zero-order chi connectivity index (χ0) is 11.3. The zero-order valence-corrected chi connectivity index (χ0v) is 12.3. The van der Waals surface area contributed by atoms with Crippen LogP contribution in [0.25, 0.3) is 0 Å². The van der Waals surface area contributed by atoms with E-state index in [1.165, 1.54) is 50.3 Å². The molecule has 1 rings (SSSR count). The number of hydrogen-bond acceptors (Lipinski definition) is 0. The molecule has 0 radical (unpaired) electrons. The first-order valence-corrected chi connectivity index (χ1v) is 7.84. The summed E-state index contributed by atoms with van der Waals surface area (Å²) in [5, 5.41) is 1.20. The summed E-state index contributed by atoms with van der Waals surface area (Å²) in [7, 11) is 0. The number of unbranched alkanes of at least 4 members (excludes halogenated alkanes) is 1. The second-order valence-corrected chi connectivity index (χ2v) is 6.24. The van der Waals surface area contributed by atoms with Gasteiger partial charge in [0.2, 0.25) is 0 Å². The molecule has 0 saturated heterocycles. The third-order valence-corrected chi connectivity index (χ3v) is 5.45. The van der Waals surface area contributed by atoms with Crippen LogP contribution in [-0.4, -0.2) is 5.33 Å². The Balaban J connectivity index is 2.40. The molecule has 1 fully saturated rings. The van der Waals surface area contributed by atoms with Crippen molar-refractivity contribution in [3.05, 3.63) is 0 Å². The van der Waals surface area contributed by atoms with Crippen molar-refractivity contribution >= 4 is 15.9 Å². The fourth-order valence-electron chi connectivity index (χ4n) is 2.71. The van der Waals surface area contributed by atoms with Crippen molar-refractivity contribution in [1.29, 1.82) is 0 Å². The number of halogens is 1. The third kappa shape index (κ3) is 4.09. The molecule has 2 atom stereocenters. The minimum atomic E-state index is 0.592. The number of hydrogen-bond donors (Lipinski definition) is 0. The maximum Gasteiger partial charge on any atom is 0.00880 e. The van der Waals surface area contributed by atoms with Gasteiger partial charge in [-0.2, -0.15) is 0 Å². The van der Waals surface area contributed by atoms with Gasteiger partial charge in [-0.05, 0) is 36.5 Å². The van der Waals surface area contributed by atoms with Crippen LogP contribution in [0.2, 0.25) is 0 Å². The lowest BCUT2D eigenvalue weighted by Crippen LogP contribution is -2.24. The van der Waals surface area contributed by atoms with Gasteiger partial charge in [0.25, 0.3) is 0 Å². The van der Waals surface area contributed by atoms with Gasteiger partial charge in [-0.15, -0.1) is 0 Å². The minimum absolute atomic E-state index is 0.592. The van der Waals surface area contributed by atoms with E-state index >= 15 is 0 Å². The first kappa shape index (κ1) is 13.5. The predicted octanol–water partition coefficient (Wildman–Crippen LogP) is 5.40. The van der Waals surface area contributed by atoms with Crippen LogP contribution in [-0.2, 0) is 0 Å². The van der Waals surface area contributed by atoms with Crippen molar-refractivity contribution in [2.75, 3.05) is 5.33 Å². The normalized spacial score (nSPS) is 22.4. The molecular weight excluding hydrogens is 248 g/mol. The van der Waals surface area contributed by atoms with Gasteiger partial charge in [-0.3, -0.25) is 0 Å². The summed E-state index contributed by atoms with van der Waals surface area (Å²) >= 11 is 3.74. The quantitative estimate of drug-likeness (QED) is 0.520. The van der Waals surface area contributed by atoms with E-state index in [-0.39, 0.29) is 0 Å². The minimum Gasteiger partial charge on any atom is -0.0922 e. The summed E-state index contributed by atoms with van der Waals surface area (Å²) in [4.78, 5) is 0. The van der Waals surface area contributed by atoms with Crippen molar-refractivity contribution in [3.8, 4) is 0 Å². The Kier molecular flexibility index (Phi) is 5.66. The third-order valence-electron chi connectivity index (χ3n) is 4.17.